The van der Waals surface area contributed by atoms with Gasteiger partial charge in [-0.1, -0.05) is 13.8 Å². The first-order chi connectivity index (χ1) is 9.65. The second-order valence-electron chi connectivity index (χ2n) is 5.82. The molecule has 0 bridgehead atoms. The fourth-order valence-electron chi connectivity index (χ4n) is 2.44. The normalized spacial score (nSPS) is 23.0. The third-order valence-electron chi connectivity index (χ3n) is 3.76. The summed E-state index contributed by atoms with van der Waals surface area (Å²) in [5, 5.41) is 3.29. The Morgan fingerprint density at radius 3 is 2.75 bits per heavy atom. The van der Waals surface area contributed by atoms with Gasteiger partial charge in [-0.3, -0.25) is 0 Å². The molecule has 0 saturated heterocycles. The monoisotopic (exact) mass is 278 g/mol. The lowest BCUT2D eigenvalue weighted by Gasteiger charge is -2.26. The summed E-state index contributed by atoms with van der Waals surface area (Å²) in [6.07, 6.45) is 6.34. The molecule has 0 atom stereocenters. The fraction of sp³-hybridized carbons (Fsp3) is 0.733. The minimum atomic E-state index is 0.378. The van der Waals surface area contributed by atoms with E-state index in [4.69, 9.17) is 10.5 Å². The molecule has 0 unspecified atom stereocenters. The molecule has 20 heavy (non-hydrogen) atoms. The van der Waals surface area contributed by atoms with Gasteiger partial charge in [0.1, 0.15) is 12.1 Å². The molecule has 1 heterocycles. The van der Waals surface area contributed by atoms with Crippen LogP contribution in [0.5, 0.6) is 0 Å². The molecule has 0 spiro atoms. The van der Waals surface area contributed by atoms with Crippen LogP contribution in [0.2, 0.25) is 0 Å². The Morgan fingerprint density at radius 2 is 2.05 bits per heavy atom. The second-order valence-corrected chi connectivity index (χ2v) is 5.82. The molecule has 1 aliphatic rings. The van der Waals surface area contributed by atoms with Crippen LogP contribution in [0.25, 0.3) is 0 Å². The summed E-state index contributed by atoms with van der Waals surface area (Å²) < 4.78 is 5.87. The SMILES string of the molecule is CC(C)c1cc(NCCOC2CCC(N)CC2)ncn1. The molecule has 2 rings (SSSR count). The number of nitrogens with zero attached hydrogens (tertiary/aromatic N) is 2. The Kier molecular flexibility index (Phi) is 5.73. The van der Waals surface area contributed by atoms with Gasteiger partial charge >= 0.3 is 0 Å². The van der Waals surface area contributed by atoms with Gasteiger partial charge in [0.25, 0.3) is 0 Å². The molecule has 1 aromatic heterocycles. The van der Waals surface area contributed by atoms with Gasteiger partial charge in [0.15, 0.2) is 0 Å². The van der Waals surface area contributed by atoms with Crippen LogP contribution in [-0.2, 0) is 4.74 Å². The van der Waals surface area contributed by atoms with Crippen LogP contribution in [0.4, 0.5) is 5.82 Å². The highest BCUT2D eigenvalue weighted by Crippen LogP contribution is 2.19. The lowest BCUT2D eigenvalue weighted by Crippen LogP contribution is -2.31. The van der Waals surface area contributed by atoms with Gasteiger partial charge in [0.2, 0.25) is 0 Å². The number of ether oxygens (including phenoxy) is 1. The van der Waals surface area contributed by atoms with Crippen molar-refractivity contribution in [3.63, 3.8) is 0 Å². The van der Waals surface area contributed by atoms with Gasteiger partial charge in [-0.15, -0.1) is 0 Å². The van der Waals surface area contributed by atoms with Crippen LogP contribution in [0.3, 0.4) is 0 Å². The van der Waals surface area contributed by atoms with E-state index in [1.165, 1.54) is 0 Å². The fourth-order valence-corrected chi connectivity index (χ4v) is 2.44. The Labute approximate surface area is 121 Å². The number of anilines is 1. The zero-order valence-corrected chi connectivity index (χ0v) is 12.5. The Balaban J connectivity index is 1.67. The van der Waals surface area contributed by atoms with E-state index in [9.17, 15) is 0 Å². The highest BCUT2D eigenvalue weighted by molar-refractivity contribution is 5.35. The molecular weight excluding hydrogens is 252 g/mol. The summed E-state index contributed by atoms with van der Waals surface area (Å²) in [5.41, 5.74) is 6.94. The maximum Gasteiger partial charge on any atom is 0.129 e. The summed E-state index contributed by atoms with van der Waals surface area (Å²) in [6, 6.07) is 2.38. The molecule has 0 amide bonds. The molecule has 112 valence electrons. The van der Waals surface area contributed by atoms with E-state index in [-0.39, 0.29) is 0 Å². The van der Waals surface area contributed by atoms with Crippen molar-refractivity contribution in [2.24, 2.45) is 5.73 Å². The van der Waals surface area contributed by atoms with E-state index in [1.807, 2.05) is 6.07 Å². The van der Waals surface area contributed by atoms with Gasteiger partial charge in [0, 0.05) is 24.3 Å². The highest BCUT2D eigenvalue weighted by atomic mass is 16.5. The van der Waals surface area contributed by atoms with E-state index < -0.39 is 0 Å². The Hall–Kier alpha value is -1.20. The Bertz CT molecular complexity index is 403. The third-order valence-corrected chi connectivity index (χ3v) is 3.76. The van der Waals surface area contributed by atoms with Gasteiger partial charge in [-0.05, 0) is 31.6 Å². The molecule has 5 nitrogen and oxygen atoms in total. The van der Waals surface area contributed by atoms with Crippen molar-refractivity contribution in [1.29, 1.82) is 0 Å². The van der Waals surface area contributed by atoms with Crippen molar-refractivity contribution in [1.82, 2.24) is 9.97 Å². The smallest absolute Gasteiger partial charge is 0.129 e. The lowest BCUT2D eigenvalue weighted by molar-refractivity contribution is 0.0313. The van der Waals surface area contributed by atoms with Gasteiger partial charge in [-0.2, -0.15) is 0 Å². The first-order valence-corrected chi connectivity index (χ1v) is 7.58. The van der Waals surface area contributed by atoms with Crippen LogP contribution in [0.1, 0.15) is 51.1 Å². The van der Waals surface area contributed by atoms with Gasteiger partial charge < -0.3 is 15.8 Å². The van der Waals surface area contributed by atoms with Gasteiger partial charge in [0.05, 0.1) is 12.7 Å². The average molecular weight is 278 g/mol. The number of nitrogens with one attached hydrogen (secondary N) is 1. The minimum Gasteiger partial charge on any atom is -0.376 e. The van der Waals surface area contributed by atoms with Crippen LogP contribution < -0.4 is 11.1 Å². The second kappa shape index (κ2) is 7.55. The topological polar surface area (TPSA) is 73.1 Å². The Morgan fingerprint density at radius 1 is 1.30 bits per heavy atom. The molecular formula is C15H26N4O. The quantitative estimate of drug-likeness (QED) is 0.781. The molecule has 3 N–H and O–H groups in total. The van der Waals surface area contributed by atoms with Crippen LogP contribution >= 0.6 is 0 Å². The third kappa shape index (κ3) is 4.72. The molecule has 0 radical (unpaired) electrons. The standard InChI is InChI=1S/C15H26N4O/c1-11(2)14-9-15(19-10-18-14)17-7-8-20-13-5-3-12(16)4-6-13/h9-13H,3-8,16H2,1-2H3,(H,17,18,19). The van der Waals surface area contributed by atoms with Crippen molar-refractivity contribution >= 4 is 5.82 Å². The number of aromatic nitrogens is 2. The first kappa shape index (κ1) is 15.2. The minimum absolute atomic E-state index is 0.378. The van der Waals surface area contributed by atoms with Crippen LogP contribution in [0.15, 0.2) is 12.4 Å². The number of rotatable bonds is 6. The van der Waals surface area contributed by atoms with E-state index in [1.54, 1.807) is 6.33 Å². The summed E-state index contributed by atoms with van der Waals surface area (Å²) >= 11 is 0. The van der Waals surface area contributed by atoms with Crippen molar-refractivity contribution in [3.05, 3.63) is 18.1 Å². The summed E-state index contributed by atoms with van der Waals surface area (Å²) in [4.78, 5) is 8.48. The summed E-state index contributed by atoms with van der Waals surface area (Å²) in [5.74, 6) is 1.29. The van der Waals surface area contributed by atoms with E-state index in [0.717, 1.165) is 43.7 Å². The summed E-state index contributed by atoms with van der Waals surface area (Å²) in [7, 11) is 0. The van der Waals surface area contributed by atoms with Crippen molar-refractivity contribution in [2.45, 2.75) is 57.6 Å². The zero-order chi connectivity index (χ0) is 14.4. The first-order valence-electron chi connectivity index (χ1n) is 7.58. The number of hydrogen-bond donors (Lipinski definition) is 2. The molecule has 5 heteroatoms. The zero-order valence-electron chi connectivity index (χ0n) is 12.5. The largest absolute Gasteiger partial charge is 0.376 e. The number of hydrogen-bond acceptors (Lipinski definition) is 5. The van der Waals surface area contributed by atoms with Crippen LogP contribution in [-0.4, -0.2) is 35.3 Å². The van der Waals surface area contributed by atoms with Crippen molar-refractivity contribution < 1.29 is 4.74 Å². The van der Waals surface area contributed by atoms with Crippen molar-refractivity contribution in [3.8, 4) is 0 Å². The molecule has 1 saturated carbocycles. The molecule has 1 fully saturated rings. The van der Waals surface area contributed by atoms with E-state index >= 15 is 0 Å². The van der Waals surface area contributed by atoms with Crippen molar-refractivity contribution in [2.75, 3.05) is 18.5 Å². The maximum absolute atomic E-state index is 5.88. The molecule has 1 aromatic rings. The maximum atomic E-state index is 5.88. The number of nitrogens with two attached hydrogens (primary N) is 1. The highest BCUT2D eigenvalue weighted by Gasteiger charge is 2.18. The van der Waals surface area contributed by atoms with Gasteiger partial charge in [-0.25, -0.2) is 9.97 Å². The van der Waals surface area contributed by atoms with E-state index in [0.29, 0.717) is 24.7 Å². The van der Waals surface area contributed by atoms with E-state index in [2.05, 4.69) is 29.1 Å². The summed E-state index contributed by atoms with van der Waals surface area (Å²) in [6.45, 7) is 5.74. The molecule has 0 aliphatic heterocycles. The lowest BCUT2D eigenvalue weighted by atomic mass is 9.94. The predicted octanol–water partition coefficient (Wildman–Crippen LogP) is 2.30. The van der Waals surface area contributed by atoms with Crippen LogP contribution in [0, 0.1) is 0 Å². The molecule has 1 aliphatic carbocycles. The molecule has 0 aromatic carbocycles. The average Bonchev–Trinajstić information content (AvgIpc) is 2.46. The predicted molar refractivity (Wildman–Crippen MR) is 80.8 cm³/mol.